The van der Waals surface area contributed by atoms with Crippen molar-refractivity contribution in [3.8, 4) is 11.3 Å². The van der Waals surface area contributed by atoms with Crippen LogP contribution in [0.5, 0.6) is 0 Å². The molecule has 0 saturated carbocycles. The van der Waals surface area contributed by atoms with Gasteiger partial charge in [0.25, 0.3) is 5.91 Å². The molecule has 0 fully saturated rings. The predicted molar refractivity (Wildman–Crippen MR) is 93.2 cm³/mol. The highest BCUT2D eigenvalue weighted by Crippen LogP contribution is 2.20. The first-order chi connectivity index (χ1) is 12.0. The molecule has 1 N–H and O–H groups in total. The first-order valence-electron chi connectivity index (χ1n) is 8.05. The number of rotatable bonds is 5. The zero-order valence-corrected chi connectivity index (χ0v) is 14.1. The van der Waals surface area contributed by atoms with E-state index in [-0.39, 0.29) is 17.8 Å². The number of pyridine rings is 1. The summed E-state index contributed by atoms with van der Waals surface area (Å²) in [5, 5.41) is 0. The fourth-order valence-electron chi connectivity index (χ4n) is 2.56. The summed E-state index contributed by atoms with van der Waals surface area (Å²) in [4.78, 5) is 25.6. The molecule has 2 heterocycles. The van der Waals surface area contributed by atoms with E-state index in [9.17, 15) is 9.18 Å². The van der Waals surface area contributed by atoms with Crippen molar-refractivity contribution in [2.75, 3.05) is 0 Å². The Kier molecular flexibility index (Phi) is 4.88. The van der Waals surface area contributed by atoms with E-state index in [2.05, 4.69) is 15.0 Å². The van der Waals surface area contributed by atoms with Gasteiger partial charge in [-0.15, -0.1) is 0 Å². The Hall–Kier alpha value is -3.02. The summed E-state index contributed by atoms with van der Waals surface area (Å²) in [6.07, 6.45) is 4.78. The third-order valence-corrected chi connectivity index (χ3v) is 3.92. The number of H-pyrrole nitrogens is 1. The molecule has 128 valence electrons. The van der Waals surface area contributed by atoms with Crippen molar-refractivity contribution in [3.05, 3.63) is 72.2 Å². The number of carbonyl (C=O) groups is 1. The normalized spacial score (nSPS) is 10.9. The van der Waals surface area contributed by atoms with Crippen molar-refractivity contribution in [1.82, 2.24) is 19.9 Å². The topological polar surface area (TPSA) is 61.9 Å². The lowest BCUT2D eigenvalue weighted by atomic mass is 10.1. The summed E-state index contributed by atoms with van der Waals surface area (Å²) in [6.45, 7) is 4.37. The minimum atomic E-state index is -0.282. The zero-order chi connectivity index (χ0) is 17.8. The molecule has 0 spiro atoms. The first-order valence-corrected chi connectivity index (χ1v) is 8.05. The van der Waals surface area contributed by atoms with E-state index in [0.717, 1.165) is 16.8 Å². The summed E-state index contributed by atoms with van der Waals surface area (Å²) >= 11 is 0. The van der Waals surface area contributed by atoms with Crippen LogP contribution in [0.3, 0.4) is 0 Å². The number of hydrogen-bond acceptors (Lipinski definition) is 3. The average molecular weight is 338 g/mol. The van der Waals surface area contributed by atoms with Gasteiger partial charge in [-0.1, -0.05) is 0 Å². The number of nitrogens with one attached hydrogen (secondary N) is 1. The fourth-order valence-corrected chi connectivity index (χ4v) is 2.56. The smallest absolute Gasteiger partial charge is 0.274 e. The van der Waals surface area contributed by atoms with Gasteiger partial charge >= 0.3 is 0 Å². The second-order valence-electron chi connectivity index (χ2n) is 6.04. The van der Waals surface area contributed by atoms with Gasteiger partial charge in [0.05, 0.1) is 12.0 Å². The summed E-state index contributed by atoms with van der Waals surface area (Å²) in [5.74, 6) is -0.410. The molecule has 5 nitrogen and oxygen atoms in total. The van der Waals surface area contributed by atoms with Crippen molar-refractivity contribution >= 4 is 5.91 Å². The van der Waals surface area contributed by atoms with E-state index in [1.165, 1.54) is 18.5 Å². The van der Waals surface area contributed by atoms with Gasteiger partial charge in [0.2, 0.25) is 0 Å². The molecule has 3 aromatic rings. The highest BCUT2D eigenvalue weighted by molar-refractivity contribution is 5.92. The second kappa shape index (κ2) is 7.25. The second-order valence-corrected chi connectivity index (χ2v) is 6.04. The monoisotopic (exact) mass is 338 g/mol. The number of carbonyl (C=O) groups excluding carboxylic acids is 1. The average Bonchev–Trinajstić information content (AvgIpc) is 3.14. The lowest BCUT2D eigenvalue weighted by molar-refractivity contribution is 0.0685. The molecule has 6 heteroatoms. The van der Waals surface area contributed by atoms with Crippen molar-refractivity contribution in [3.63, 3.8) is 0 Å². The molecule has 0 saturated heterocycles. The Morgan fingerprint density at radius 1 is 1.20 bits per heavy atom. The number of nitrogens with zero attached hydrogens (tertiary/aromatic N) is 3. The SMILES string of the molecule is CC(C)N(Cc1ccnc(-c2ccc(F)cc2)c1)C(=O)c1c[nH]cn1. The lowest BCUT2D eigenvalue weighted by Crippen LogP contribution is -2.36. The molecule has 1 aromatic carbocycles. The highest BCUT2D eigenvalue weighted by atomic mass is 19.1. The molecule has 0 aliphatic heterocycles. The predicted octanol–water partition coefficient (Wildman–Crippen LogP) is 3.66. The highest BCUT2D eigenvalue weighted by Gasteiger charge is 2.20. The van der Waals surface area contributed by atoms with Crippen LogP contribution in [0.2, 0.25) is 0 Å². The van der Waals surface area contributed by atoms with Crippen LogP contribution in [0, 0.1) is 5.82 Å². The Balaban J connectivity index is 1.84. The number of aromatic amines is 1. The Morgan fingerprint density at radius 2 is 1.96 bits per heavy atom. The van der Waals surface area contributed by atoms with Gasteiger partial charge in [0.15, 0.2) is 0 Å². The van der Waals surface area contributed by atoms with Crippen LogP contribution in [0.4, 0.5) is 4.39 Å². The molecule has 0 radical (unpaired) electrons. The number of halogens is 1. The van der Waals surface area contributed by atoms with Gasteiger partial charge in [0.1, 0.15) is 11.5 Å². The number of hydrogen-bond donors (Lipinski definition) is 1. The Labute approximate surface area is 145 Å². The van der Waals surface area contributed by atoms with Crippen LogP contribution < -0.4 is 0 Å². The molecule has 3 rings (SSSR count). The van der Waals surface area contributed by atoms with Crippen LogP contribution in [0.15, 0.2) is 55.1 Å². The molecule has 1 amide bonds. The lowest BCUT2D eigenvalue weighted by Gasteiger charge is -2.26. The number of benzene rings is 1. The van der Waals surface area contributed by atoms with E-state index in [0.29, 0.717) is 12.2 Å². The summed E-state index contributed by atoms with van der Waals surface area (Å²) in [7, 11) is 0. The van der Waals surface area contributed by atoms with E-state index in [4.69, 9.17) is 0 Å². The third-order valence-electron chi connectivity index (χ3n) is 3.92. The van der Waals surface area contributed by atoms with Crippen LogP contribution in [0.1, 0.15) is 29.9 Å². The van der Waals surface area contributed by atoms with Crippen molar-refractivity contribution in [2.45, 2.75) is 26.4 Å². The maximum atomic E-state index is 13.1. The van der Waals surface area contributed by atoms with Gasteiger partial charge in [0, 0.05) is 30.5 Å². The van der Waals surface area contributed by atoms with Crippen LogP contribution in [0.25, 0.3) is 11.3 Å². The van der Waals surface area contributed by atoms with Crippen molar-refractivity contribution in [1.29, 1.82) is 0 Å². The largest absolute Gasteiger partial charge is 0.350 e. The molecule has 0 aliphatic carbocycles. The number of amides is 1. The summed E-state index contributed by atoms with van der Waals surface area (Å²) in [5.41, 5.74) is 2.92. The minimum absolute atomic E-state index is 0.0200. The first kappa shape index (κ1) is 16.8. The maximum Gasteiger partial charge on any atom is 0.274 e. The van der Waals surface area contributed by atoms with Gasteiger partial charge < -0.3 is 9.88 Å². The molecule has 2 aromatic heterocycles. The minimum Gasteiger partial charge on any atom is -0.350 e. The van der Waals surface area contributed by atoms with Crippen molar-refractivity contribution < 1.29 is 9.18 Å². The Bertz CT molecular complexity index is 844. The van der Waals surface area contributed by atoms with Gasteiger partial charge in [-0.3, -0.25) is 9.78 Å². The number of aromatic nitrogens is 3. The van der Waals surface area contributed by atoms with Gasteiger partial charge in [-0.05, 0) is 55.8 Å². The van der Waals surface area contributed by atoms with Gasteiger partial charge in [-0.25, -0.2) is 9.37 Å². The van der Waals surface area contributed by atoms with Crippen LogP contribution >= 0.6 is 0 Å². The molecular formula is C19H19FN4O. The van der Waals surface area contributed by atoms with E-state index in [1.807, 2.05) is 26.0 Å². The molecule has 0 unspecified atom stereocenters. The molecule has 0 bridgehead atoms. The Morgan fingerprint density at radius 3 is 2.60 bits per heavy atom. The molecule has 0 aliphatic rings. The van der Waals surface area contributed by atoms with Gasteiger partial charge in [-0.2, -0.15) is 0 Å². The zero-order valence-electron chi connectivity index (χ0n) is 14.1. The third kappa shape index (κ3) is 3.91. The molecule has 25 heavy (non-hydrogen) atoms. The standard InChI is InChI=1S/C19H19FN4O/c1-13(2)24(19(25)18-10-21-12-23-18)11-14-7-8-22-17(9-14)15-3-5-16(20)6-4-15/h3-10,12-13H,11H2,1-2H3,(H,21,23). The van der Waals surface area contributed by atoms with Crippen LogP contribution in [-0.4, -0.2) is 31.8 Å². The van der Waals surface area contributed by atoms with Crippen LogP contribution in [-0.2, 0) is 6.54 Å². The molecular weight excluding hydrogens is 319 g/mol. The number of imidazole rings is 1. The van der Waals surface area contributed by atoms with Crippen molar-refractivity contribution in [2.24, 2.45) is 0 Å². The quantitative estimate of drug-likeness (QED) is 0.772. The summed E-state index contributed by atoms with van der Waals surface area (Å²) < 4.78 is 13.1. The van der Waals surface area contributed by atoms with E-state index >= 15 is 0 Å². The fraction of sp³-hybridized carbons (Fsp3) is 0.211. The van der Waals surface area contributed by atoms with E-state index < -0.39 is 0 Å². The maximum absolute atomic E-state index is 13.1. The summed E-state index contributed by atoms with van der Waals surface area (Å²) in [6, 6.07) is 10.0. The molecule has 0 atom stereocenters. The van der Waals surface area contributed by atoms with E-state index in [1.54, 1.807) is 29.4 Å².